The normalized spacial score (nSPS) is 25.7. The molecular formula is C17H25N3O. The van der Waals surface area contributed by atoms with Crippen LogP contribution in [0.25, 0.3) is 0 Å². The summed E-state index contributed by atoms with van der Waals surface area (Å²) in [5.74, 6) is 0.0718. The predicted molar refractivity (Wildman–Crippen MR) is 85.3 cm³/mol. The van der Waals surface area contributed by atoms with E-state index in [2.05, 4.69) is 22.5 Å². The van der Waals surface area contributed by atoms with Crippen LogP contribution in [0.2, 0.25) is 0 Å². The SMILES string of the molecule is CC1CCCCN1CCCNC1C(=O)Nc2ccccc21. The first-order valence-electron chi connectivity index (χ1n) is 8.13. The molecule has 2 aliphatic rings. The molecule has 3 rings (SSSR count). The lowest BCUT2D eigenvalue weighted by Crippen LogP contribution is -2.39. The van der Waals surface area contributed by atoms with Crippen LogP contribution in [0.4, 0.5) is 5.69 Å². The molecule has 1 aromatic carbocycles. The zero-order valence-corrected chi connectivity index (χ0v) is 12.8. The summed E-state index contributed by atoms with van der Waals surface area (Å²) in [6, 6.07) is 8.47. The van der Waals surface area contributed by atoms with Gasteiger partial charge in [-0.3, -0.25) is 4.79 Å². The second-order valence-corrected chi connectivity index (χ2v) is 6.20. The zero-order chi connectivity index (χ0) is 14.7. The van der Waals surface area contributed by atoms with Gasteiger partial charge in [0.25, 0.3) is 0 Å². The molecule has 2 atom stereocenters. The van der Waals surface area contributed by atoms with Crippen LogP contribution >= 0.6 is 0 Å². The molecule has 2 heterocycles. The first kappa shape index (κ1) is 14.5. The number of anilines is 1. The summed E-state index contributed by atoms with van der Waals surface area (Å²) >= 11 is 0. The molecule has 0 aliphatic carbocycles. The lowest BCUT2D eigenvalue weighted by atomic mass is 10.0. The van der Waals surface area contributed by atoms with Gasteiger partial charge in [0.1, 0.15) is 6.04 Å². The molecule has 21 heavy (non-hydrogen) atoms. The zero-order valence-electron chi connectivity index (χ0n) is 12.8. The van der Waals surface area contributed by atoms with Gasteiger partial charge in [0, 0.05) is 17.3 Å². The molecule has 0 saturated carbocycles. The van der Waals surface area contributed by atoms with Gasteiger partial charge >= 0.3 is 0 Å². The Bertz CT molecular complexity index is 503. The highest BCUT2D eigenvalue weighted by atomic mass is 16.2. The summed E-state index contributed by atoms with van der Waals surface area (Å²) in [7, 11) is 0. The van der Waals surface area contributed by atoms with Crippen LogP contribution in [-0.2, 0) is 4.79 Å². The van der Waals surface area contributed by atoms with Gasteiger partial charge in [-0.2, -0.15) is 0 Å². The highest BCUT2D eigenvalue weighted by molar-refractivity contribution is 6.02. The summed E-state index contributed by atoms with van der Waals surface area (Å²) in [4.78, 5) is 14.6. The maximum absolute atomic E-state index is 12.0. The highest BCUT2D eigenvalue weighted by Crippen LogP contribution is 2.30. The van der Waals surface area contributed by atoms with Gasteiger partial charge in [-0.05, 0) is 51.9 Å². The molecular weight excluding hydrogens is 262 g/mol. The lowest BCUT2D eigenvalue weighted by molar-refractivity contribution is -0.117. The van der Waals surface area contributed by atoms with Crippen molar-refractivity contribution in [1.82, 2.24) is 10.2 Å². The van der Waals surface area contributed by atoms with Crippen LogP contribution in [0.5, 0.6) is 0 Å². The number of fused-ring (bicyclic) bond motifs is 1. The van der Waals surface area contributed by atoms with Gasteiger partial charge in [0.05, 0.1) is 0 Å². The Kier molecular flexibility index (Phi) is 4.56. The minimum absolute atomic E-state index is 0.0718. The van der Waals surface area contributed by atoms with Crippen molar-refractivity contribution in [1.29, 1.82) is 0 Å². The number of nitrogens with zero attached hydrogens (tertiary/aromatic N) is 1. The minimum atomic E-state index is -0.181. The number of likely N-dealkylation sites (tertiary alicyclic amines) is 1. The Morgan fingerprint density at radius 3 is 3.05 bits per heavy atom. The molecule has 1 saturated heterocycles. The number of nitrogens with one attached hydrogen (secondary N) is 2. The number of para-hydroxylation sites is 1. The highest BCUT2D eigenvalue weighted by Gasteiger charge is 2.29. The van der Waals surface area contributed by atoms with Crippen molar-refractivity contribution in [2.75, 3.05) is 25.0 Å². The number of hydrogen-bond acceptors (Lipinski definition) is 3. The summed E-state index contributed by atoms with van der Waals surface area (Å²) in [5.41, 5.74) is 2.03. The average Bonchev–Trinajstić information content (AvgIpc) is 2.81. The van der Waals surface area contributed by atoms with Gasteiger partial charge in [-0.25, -0.2) is 0 Å². The third kappa shape index (κ3) is 3.27. The van der Waals surface area contributed by atoms with E-state index in [4.69, 9.17) is 0 Å². The van der Waals surface area contributed by atoms with Crippen molar-refractivity contribution < 1.29 is 4.79 Å². The smallest absolute Gasteiger partial charge is 0.246 e. The van der Waals surface area contributed by atoms with E-state index < -0.39 is 0 Å². The van der Waals surface area contributed by atoms with E-state index in [9.17, 15) is 4.79 Å². The van der Waals surface area contributed by atoms with E-state index >= 15 is 0 Å². The fourth-order valence-corrected chi connectivity index (χ4v) is 3.43. The minimum Gasteiger partial charge on any atom is -0.324 e. The number of carbonyl (C=O) groups excluding carboxylic acids is 1. The molecule has 2 unspecified atom stereocenters. The van der Waals surface area contributed by atoms with Crippen molar-refractivity contribution in [3.05, 3.63) is 29.8 Å². The number of rotatable bonds is 5. The van der Waals surface area contributed by atoms with Crippen molar-refractivity contribution in [3.63, 3.8) is 0 Å². The first-order valence-corrected chi connectivity index (χ1v) is 8.13. The van der Waals surface area contributed by atoms with Crippen molar-refractivity contribution in [2.24, 2.45) is 0 Å². The number of amides is 1. The summed E-state index contributed by atoms with van der Waals surface area (Å²) < 4.78 is 0. The van der Waals surface area contributed by atoms with Crippen LogP contribution in [-0.4, -0.2) is 36.5 Å². The lowest BCUT2D eigenvalue weighted by Gasteiger charge is -2.33. The molecule has 1 fully saturated rings. The number of carbonyl (C=O) groups is 1. The van der Waals surface area contributed by atoms with E-state index in [1.165, 1.54) is 25.8 Å². The molecule has 2 N–H and O–H groups in total. The second-order valence-electron chi connectivity index (χ2n) is 6.20. The Hall–Kier alpha value is -1.39. The van der Waals surface area contributed by atoms with Gasteiger partial charge < -0.3 is 15.5 Å². The number of piperidine rings is 1. The van der Waals surface area contributed by atoms with Crippen molar-refractivity contribution in [3.8, 4) is 0 Å². The average molecular weight is 287 g/mol. The van der Waals surface area contributed by atoms with Gasteiger partial charge in [0.15, 0.2) is 0 Å². The van der Waals surface area contributed by atoms with Crippen molar-refractivity contribution >= 4 is 11.6 Å². The molecule has 4 nitrogen and oxygen atoms in total. The Morgan fingerprint density at radius 2 is 2.19 bits per heavy atom. The summed E-state index contributed by atoms with van der Waals surface area (Å²) in [6.07, 6.45) is 5.12. The van der Waals surface area contributed by atoms with Crippen LogP contribution in [0, 0.1) is 0 Å². The van der Waals surface area contributed by atoms with E-state index in [0.717, 1.165) is 30.8 Å². The Morgan fingerprint density at radius 1 is 1.33 bits per heavy atom. The third-order valence-electron chi connectivity index (χ3n) is 4.70. The molecule has 114 valence electrons. The maximum Gasteiger partial charge on any atom is 0.246 e. The topological polar surface area (TPSA) is 44.4 Å². The van der Waals surface area contributed by atoms with Crippen LogP contribution < -0.4 is 10.6 Å². The molecule has 2 aliphatic heterocycles. The molecule has 4 heteroatoms. The summed E-state index contributed by atoms with van der Waals surface area (Å²) in [5, 5.41) is 6.34. The number of hydrogen-bond donors (Lipinski definition) is 2. The maximum atomic E-state index is 12.0. The third-order valence-corrected chi connectivity index (χ3v) is 4.70. The fourth-order valence-electron chi connectivity index (χ4n) is 3.43. The van der Waals surface area contributed by atoms with Crippen LogP contribution in [0.15, 0.2) is 24.3 Å². The fraction of sp³-hybridized carbons (Fsp3) is 0.588. The predicted octanol–water partition coefficient (Wildman–Crippen LogP) is 2.53. The van der Waals surface area contributed by atoms with Crippen molar-refractivity contribution in [2.45, 2.75) is 44.7 Å². The number of benzene rings is 1. The first-order chi connectivity index (χ1) is 10.3. The van der Waals surface area contributed by atoms with E-state index in [-0.39, 0.29) is 11.9 Å². The molecule has 0 radical (unpaired) electrons. The molecule has 1 aromatic rings. The Balaban J connectivity index is 1.46. The second kappa shape index (κ2) is 6.58. The van der Waals surface area contributed by atoms with Gasteiger partial charge in [-0.1, -0.05) is 24.6 Å². The summed E-state index contributed by atoms with van der Waals surface area (Å²) in [6.45, 7) is 5.57. The quantitative estimate of drug-likeness (QED) is 0.818. The largest absolute Gasteiger partial charge is 0.324 e. The van der Waals surface area contributed by atoms with Crippen LogP contribution in [0.3, 0.4) is 0 Å². The van der Waals surface area contributed by atoms with Gasteiger partial charge in [-0.15, -0.1) is 0 Å². The monoisotopic (exact) mass is 287 g/mol. The Labute approximate surface area is 126 Å². The van der Waals surface area contributed by atoms with E-state index in [1.54, 1.807) is 0 Å². The van der Waals surface area contributed by atoms with Gasteiger partial charge in [0.2, 0.25) is 5.91 Å². The van der Waals surface area contributed by atoms with E-state index in [0.29, 0.717) is 6.04 Å². The molecule has 0 aromatic heterocycles. The molecule has 0 bridgehead atoms. The molecule has 1 amide bonds. The molecule has 0 spiro atoms. The standard InChI is InChI=1S/C17H25N3O/c1-13-7-4-5-11-20(13)12-6-10-18-16-14-8-2-3-9-15(14)19-17(16)21/h2-3,8-9,13,16,18H,4-7,10-12H2,1H3,(H,19,21). The van der Waals surface area contributed by atoms with E-state index in [1.807, 2.05) is 24.3 Å². The van der Waals surface area contributed by atoms with Crippen LogP contribution in [0.1, 0.15) is 44.2 Å².